The summed E-state index contributed by atoms with van der Waals surface area (Å²) in [5.41, 5.74) is 0. The molecular formula is C5H7F4NO. The standard InChI is InChI=1S/C5H7F4NO/c6-4(7)11-3-1-10-2-5(3,8)9/h3-4,10H,1-2H2. The smallest absolute Gasteiger partial charge is 0.312 e. The van der Waals surface area contributed by atoms with Crippen molar-refractivity contribution >= 4 is 0 Å². The van der Waals surface area contributed by atoms with Crippen LogP contribution in [0.15, 0.2) is 0 Å². The number of nitrogens with one attached hydrogen (secondary N) is 1. The quantitative estimate of drug-likeness (QED) is 0.624. The summed E-state index contributed by atoms with van der Waals surface area (Å²) in [5.74, 6) is -3.17. The monoisotopic (exact) mass is 173 g/mol. The minimum Gasteiger partial charge on any atom is -0.312 e. The minimum absolute atomic E-state index is 0.225. The predicted molar refractivity (Wildman–Crippen MR) is 28.7 cm³/mol. The molecule has 1 atom stereocenters. The first-order valence-corrected chi connectivity index (χ1v) is 3.04. The summed E-state index contributed by atoms with van der Waals surface area (Å²) in [6, 6.07) is 0. The van der Waals surface area contributed by atoms with Crippen molar-refractivity contribution < 1.29 is 22.3 Å². The Balaban J connectivity index is 2.45. The summed E-state index contributed by atoms with van der Waals surface area (Å²) in [5, 5.41) is 2.26. The summed E-state index contributed by atoms with van der Waals surface area (Å²) in [6.07, 6.45) is -1.69. The summed E-state index contributed by atoms with van der Waals surface area (Å²) in [6.45, 7) is -3.95. The van der Waals surface area contributed by atoms with Crippen LogP contribution >= 0.6 is 0 Å². The lowest BCUT2D eigenvalue weighted by molar-refractivity contribution is -0.210. The molecule has 0 aromatic carbocycles. The Bertz CT molecular complexity index is 140. The maximum atomic E-state index is 12.4. The van der Waals surface area contributed by atoms with Gasteiger partial charge >= 0.3 is 6.61 Å². The van der Waals surface area contributed by atoms with Crippen LogP contribution < -0.4 is 5.32 Å². The molecule has 6 heteroatoms. The van der Waals surface area contributed by atoms with E-state index in [0.29, 0.717) is 0 Å². The van der Waals surface area contributed by atoms with Crippen LogP contribution in [0.25, 0.3) is 0 Å². The summed E-state index contributed by atoms with van der Waals surface area (Å²) < 4.78 is 51.5. The van der Waals surface area contributed by atoms with Gasteiger partial charge in [0.05, 0.1) is 6.54 Å². The van der Waals surface area contributed by atoms with Crippen molar-refractivity contribution in [3.05, 3.63) is 0 Å². The Labute approximate surface area is 60.5 Å². The molecule has 1 N–H and O–H groups in total. The minimum atomic E-state index is -3.17. The van der Waals surface area contributed by atoms with Gasteiger partial charge in [0.15, 0.2) is 0 Å². The molecule has 1 saturated heterocycles. The molecule has 1 heterocycles. The van der Waals surface area contributed by atoms with Crippen molar-refractivity contribution in [1.82, 2.24) is 5.32 Å². The lowest BCUT2D eigenvalue weighted by atomic mass is 10.2. The Morgan fingerprint density at radius 1 is 1.45 bits per heavy atom. The zero-order chi connectivity index (χ0) is 8.48. The third kappa shape index (κ3) is 2.03. The topological polar surface area (TPSA) is 21.3 Å². The second-order valence-corrected chi connectivity index (χ2v) is 2.28. The van der Waals surface area contributed by atoms with E-state index in [1.54, 1.807) is 0 Å². The van der Waals surface area contributed by atoms with Gasteiger partial charge in [-0.25, -0.2) is 8.78 Å². The highest BCUT2D eigenvalue weighted by Gasteiger charge is 2.46. The van der Waals surface area contributed by atoms with Crippen LogP contribution in [0.4, 0.5) is 17.6 Å². The maximum absolute atomic E-state index is 12.4. The van der Waals surface area contributed by atoms with E-state index in [0.717, 1.165) is 0 Å². The van der Waals surface area contributed by atoms with E-state index in [1.807, 2.05) is 0 Å². The molecule has 2 nitrogen and oxygen atoms in total. The first kappa shape index (κ1) is 8.73. The largest absolute Gasteiger partial charge is 0.345 e. The van der Waals surface area contributed by atoms with E-state index >= 15 is 0 Å². The molecule has 0 saturated carbocycles. The second kappa shape index (κ2) is 2.94. The first-order chi connectivity index (χ1) is 5.02. The van der Waals surface area contributed by atoms with Crippen LogP contribution in [-0.2, 0) is 4.74 Å². The molecule has 1 unspecified atom stereocenters. The molecule has 1 aliphatic heterocycles. The maximum Gasteiger partial charge on any atom is 0.345 e. The molecule has 11 heavy (non-hydrogen) atoms. The normalized spacial score (nSPS) is 29.7. The zero-order valence-corrected chi connectivity index (χ0v) is 5.49. The van der Waals surface area contributed by atoms with Gasteiger partial charge in [-0.05, 0) is 0 Å². The first-order valence-electron chi connectivity index (χ1n) is 3.04. The molecule has 1 aliphatic rings. The highest BCUT2D eigenvalue weighted by molar-refractivity contribution is 4.88. The Morgan fingerprint density at radius 3 is 2.45 bits per heavy atom. The molecule has 1 rings (SSSR count). The number of halogens is 4. The third-order valence-corrected chi connectivity index (χ3v) is 1.43. The van der Waals surface area contributed by atoms with E-state index < -0.39 is 25.2 Å². The van der Waals surface area contributed by atoms with Gasteiger partial charge in [0, 0.05) is 6.54 Å². The second-order valence-electron chi connectivity index (χ2n) is 2.28. The molecule has 1 fully saturated rings. The van der Waals surface area contributed by atoms with Crippen LogP contribution in [0, 0.1) is 0 Å². The van der Waals surface area contributed by atoms with E-state index in [9.17, 15) is 17.6 Å². The van der Waals surface area contributed by atoms with Crippen LogP contribution in [0.1, 0.15) is 0 Å². The highest BCUT2D eigenvalue weighted by Crippen LogP contribution is 2.25. The average molecular weight is 173 g/mol. The van der Waals surface area contributed by atoms with Gasteiger partial charge < -0.3 is 10.1 Å². The Hall–Kier alpha value is -0.360. The molecule has 0 spiro atoms. The summed E-state index contributed by atoms with van der Waals surface area (Å²) in [7, 11) is 0. The lowest BCUT2D eigenvalue weighted by Crippen LogP contribution is -2.35. The molecule has 0 bridgehead atoms. The summed E-state index contributed by atoms with van der Waals surface area (Å²) >= 11 is 0. The van der Waals surface area contributed by atoms with E-state index in [4.69, 9.17) is 0 Å². The third-order valence-electron chi connectivity index (χ3n) is 1.43. The molecular weight excluding hydrogens is 166 g/mol. The van der Waals surface area contributed by atoms with E-state index in [2.05, 4.69) is 10.1 Å². The fourth-order valence-electron chi connectivity index (χ4n) is 0.905. The van der Waals surface area contributed by atoms with Gasteiger partial charge in [0.2, 0.25) is 0 Å². The van der Waals surface area contributed by atoms with Crippen molar-refractivity contribution in [2.75, 3.05) is 13.1 Å². The highest BCUT2D eigenvalue weighted by atomic mass is 19.3. The fraction of sp³-hybridized carbons (Fsp3) is 1.00. The molecule has 0 amide bonds. The lowest BCUT2D eigenvalue weighted by Gasteiger charge is -2.17. The Morgan fingerprint density at radius 2 is 2.09 bits per heavy atom. The zero-order valence-electron chi connectivity index (χ0n) is 5.49. The number of alkyl halides is 4. The van der Waals surface area contributed by atoms with Crippen LogP contribution in [0.3, 0.4) is 0 Å². The number of ether oxygens (including phenoxy) is 1. The van der Waals surface area contributed by atoms with Crippen LogP contribution in [0.5, 0.6) is 0 Å². The van der Waals surface area contributed by atoms with Crippen molar-refractivity contribution in [3.8, 4) is 0 Å². The SMILES string of the molecule is FC(F)OC1CNCC1(F)F. The van der Waals surface area contributed by atoms with Crippen molar-refractivity contribution in [2.45, 2.75) is 18.6 Å². The number of rotatable bonds is 2. The number of hydrogen-bond donors (Lipinski definition) is 1. The van der Waals surface area contributed by atoms with Crippen molar-refractivity contribution in [2.24, 2.45) is 0 Å². The number of hydrogen-bond acceptors (Lipinski definition) is 2. The molecule has 0 aromatic rings. The summed E-state index contributed by atoms with van der Waals surface area (Å²) in [4.78, 5) is 0. The van der Waals surface area contributed by atoms with Gasteiger partial charge in [0.1, 0.15) is 6.10 Å². The Kier molecular flexibility index (Phi) is 2.34. The molecule has 0 radical (unpaired) electrons. The van der Waals surface area contributed by atoms with E-state index in [-0.39, 0.29) is 6.54 Å². The molecule has 0 aromatic heterocycles. The average Bonchev–Trinajstić information content (AvgIpc) is 2.10. The van der Waals surface area contributed by atoms with Crippen molar-refractivity contribution in [1.29, 1.82) is 0 Å². The van der Waals surface area contributed by atoms with E-state index in [1.165, 1.54) is 0 Å². The van der Waals surface area contributed by atoms with Gasteiger partial charge in [-0.15, -0.1) is 0 Å². The molecule has 66 valence electrons. The van der Waals surface area contributed by atoms with Crippen LogP contribution in [-0.4, -0.2) is 31.7 Å². The van der Waals surface area contributed by atoms with Crippen LogP contribution in [0.2, 0.25) is 0 Å². The van der Waals surface area contributed by atoms with Gasteiger partial charge in [-0.1, -0.05) is 0 Å². The van der Waals surface area contributed by atoms with Crippen molar-refractivity contribution in [3.63, 3.8) is 0 Å². The molecule has 0 aliphatic carbocycles. The van der Waals surface area contributed by atoms with Gasteiger partial charge in [-0.2, -0.15) is 8.78 Å². The van der Waals surface area contributed by atoms with Gasteiger partial charge in [0.25, 0.3) is 5.92 Å². The van der Waals surface area contributed by atoms with Gasteiger partial charge in [-0.3, -0.25) is 0 Å². The fourth-order valence-corrected chi connectivity index (χ4v) is 0.905. The predicted octanol–water partition coefficient (Wildman–Crippen LogP) is 0.833.